The van der Waals surface area contributed by atoms with Crippen LogP contribution in [0.2, 0.25) is 0 Å². The first kappa shape index (κ1) is 21.3. The van der Waals surface area contributed by atoms with E-state index in [0.717, 1.165) is 41.0 Å². The van der Waals surface area contributed by atoms with Gasteiger partial charge in [0.15, 0.2) is 0 Å². The summed E-state index contributed by atoms with van der Waals surface area (Å²) in [7, 11) is 0. The van der Waals surface area contributed by atoms with Crippen molar-refractivity contribution in [2.24, 2.45) is 0 Å². The number of hydrogen-bond acceptors (Lipinski definition) is 4. The van der Waals surface area contributed by atoms with E-state index in [0.29, 0.717) is 23.4 Å². The van der Waals surface area contributed by atoms with Crippen LogP contribution < -0.4 is 5.32 Å². The van der Waals surface area contributed by atoms with Crippen LogP contribution in [0.4, 0.5) is 0 Å². The summed E-state index contributed by atoms with van der Waals surface area (Å²) in [6, 6.07) is 22.6. The van der Waals surface area contributed by atoms with Crippen molar-refractivity contribution in [1.29, 1.82) is 0 Å². The van der Waals surface area contributed by atoms with E-state index < -0.39 is 0 Å². The minimum Gasteiger partial charge on any atom is -0.593 e. The topological polar surface area (TPSA) is 95.6 Å². The van der Waals surface area contributed by atoms with E-state index in [2.05, 4.69) is 10.3 Å². The molecule has 0 saturated carbocycles. The molecule has 0 unspecified atom stereocenters. The van der Waals surface area contributed by atoms with Gasteiger partial charge in [0.05, 0.1) is 28.7 Å². The van der Waals surface area contributed by atoms with Gasteiger partial charge in [0.25, 0.3) is 11.7 Å². The first-order chi connectivity index (χ1) is 16.7. The molecular formula is C27H24N5O2+. The van der Waals surface area contributed by atoms with E-state index in [1.54, 1.807) is 36.8 Å². The maximum atomic E-state index is 12.7. The average molecular weight is 451 g/mol. The number of nitrogens with zero attached hydrogens (tertiary/aromatic N) is 4. The highest BCUT2D eigenvalue weighted by molar-refractivity contribution is 5.98. The standard InChI is InChI=1S/C27H23N5O2/c33-22-10-7-20(8-11-22)26-25(19-5-2-1-3-6-19)30-23-12-9-21(17-24(23)31-26)27(34)29-13-4-15-32-16-14-28-18-32/h1-3,5-12,14,16-18,33H,4,13,15H2,(H,29,34)/p+1. The summed E-state index contributed by atoms with van der Waals surface area (Å²) in [5.74, 6) is 0.298. The number of carbonyl (C=O) groups excluding carboxylic acids is 1. The van der Waals surface area contributed by atoms with E-state index >= 15 is 0 Å². The number of fused-ring (bicyclic) bond motifs is 1. The Morgan fingerprint density at radius 3 is 2.35 bits per heavy atom. The van der Waals surface area contributed by atoms with Crippen LogP contribution >= 0.6 is 0 Å². The molecule has 7 nitrogen and oxygen atoms in total. The average Bonchev–Trinajstić information content (AvgIpc) is 3.40. The number of benzene rings is 3. The van der Waals surface area contributed by atoms with Gasteiger partial charge in [-0.3, -0.25) is 4.79 Å². The monoisotopic (exact) mass is 450 g/mol. The summed E-state index contributed by atoms with van der Waals surface area (Å²) < 4.78 is 1.98. The summed E-state index contributed by atoms with van der Waals surface area (Å²) in [5.41, 5.74) is 5.23. The van der Waals surface area contributed by atoms with Crippen molar-refractivity contribution >= 4 is 16.9 Å². The Kier molecular flexibility index (Phi) is 5.99. The Morgan fingerprint density at radius 2 is 1.62 bits per heavy atom. The van der Waals surface area contributed by atoms with Crippen molar-refractivity contribution in [2.75, 3.05) is 6.54 Å². The summed E-state index contributed by atoms with van der Waals surface area (Å²) in [5, 5.41) is 10.8. The number of rotatable bonds is 7. The lowest BCUT2D eigenvalue weighted by Crippen LogP contribution is -2.25. The van der Waals surface area contributed by atoms with Crippen molar-refractivity contribution in [3.8, 4) is 28.3 Å². The first-order valence-corrected chi connectivity index (χ1v) is 11.1. The fourth-order valence-corrected chi connectivity index (χ4v) is 3.81. The molecule has 7 heteroatoms. The maximum Gasteiger partial charge on any atom is 0.253 e. The van der Waals surface area contributed by atoms with Crippen LogP contribution in [0.5, 0.6) is 5.75 Å². The second kappa shape index (κ2) is 9.54. The van der Waals surface area contributed by atoms with Crippen molar-refractivity contribution < 1.29 is 9.90 Å². The molecule has 0 saturated heterocycles. The Morgan fingerprint density at radius 1 is 0.882 bits per heavy atom. The van der Waals surface area contributed by atoms with Crippen LogP contribution in [0, 0.1) is 0 Å². The Bertz CT molecular complexity index is 1420. The third-order valence-electron chi connectivity index (χ3n) is 5.57. The maximum absolute atomic E-state index is 12.7. The Hall–Kier alpha value is -4.52. The predicted octanol–water partition coefficient (Wildman–Crippen LogP) is 4.42. The molecule has 0 radical (unpaired) electrons. The van der Waals surface area contributed by atoms with Gasteiger partial charge in [-0.25, -0.2) is 15.0 Å². The second-order valence-corrected chi connectivity index (χ2v) is 7.98. The highest BCUT2D eigenvalue weighted by atomic mass is 16.3. The lowest BCUT2D eigenvalue weighted by Gasteiger charge is -2.11. The fourth-order valence-electron chi connectivity index (χ4n) is 3.81. The number of hydrogen-bond donors (Lipinski definition) is 1. The number of imidazole rings is 1. The number of amides is 1. The van der Waals surface area contributed by atoms with Crippen molar-refractivity contribution in [1.82, 2.24) is 24.8 Å². The van der Waals surface area contributed by atoms with Crippen LogP contribution in [0.1, 0.15) is 16.8 Å². The molecule has 0 aliphatic carbocycles. The van der Waals surface area contributed by atoms with Crippen molar-refractivity contribution in [3.63, 3.8) is 0 Å². The van der Waals surface area contributed by atoms with Crippen LogP contribution in [0.15, 0.2) is 91.5 Å². The molecule has 0 aliphatic rings. The second-order valence-electron chi connectivity index (χ2n) is 7.98. The van der Waals surface area contributed by atoms with Gasteiger partial charge < -0.3 is 15.0 Å². The zero-order valence-corrected chi connectivity index (χ0v) is 18.5. The molecule has 5 rings (SSSR count). The summed E-state index contributed by atoms with van der Waals surface area (Å²) in [4.78, 5) is 26.6. The molecule has 5 aromatic rings. The third kappa shape index (κ3) is 4.63. The van der Waals surface area contributed by atoms with Crippen molar-refractivity contribution in [3.05, 3.63) is 97.1 Å². The minimum absolute atomic E-state index is 0.137. The van der Waals surface area contributed by atoms with Crippen LogP contribution in [-0.4, -0.2) is 37.1 Å². The number of aryl methyl sites for hydroxylation is 1. The molecule has 0 spiro atoms. The third-order valence-corrected chi connectivity index (χ3v) is 5.57. The fraction of sp³-hybridized carbons (Fsp3) is 0.111. The SMILES string of the molecule is O=C(NCCCn1ccnc1)c1ccc2nc(-c3ccccc3)c(-c3ccc([OH2+])cc3)nc2c1. The van der Waals surface area contributed by atoms with Gasteiger partial charge in [-0.2, -0.15) is 0 Å². The van der Waals surface area contributed by atoms with Gasteiger partial charge in [0.2, 0.25) is 0 Å². The van der Waals surface area contributed by atoms with Gasteiger partial charge in [-0.05, 0) is 36.8 Å². The van der Waals surface area contributed by atoms with Gasteiger partial charge in [-0.1, -0.05) is 30.3 Å². The highest BCUT2D eigenvalue weighted by Crippen LogP contribution is 2.31. The van der Waals surface area contributed by atoms with Crippen molar-refractivity contribution in [2.45, 2.75) is 13.0 Å². The summed E-state index contributed by atoms with van der Waals surface area (Å²) in [6.45, 7) is 1.37. The molecule has 2 heterocycles. The smallest absolute Gasteiger partial charge is 0.253 e. The van der Waals surface area contributed by atoms with E-state index in [1.807, 2.05) is 59.3 Å². The summed E-state index contributed by atoms with van der Waals surface area (Å²) in [6.07, 6.45) is 6.23. The van der Waals surface area contributed by atoms with E-state index in [4.69, 9.17) is 15.1 Å². The van der Waals surface area contributed by atoms with Gasteiger partial charge >= 0.3 is 0 Å². The molecule has 1 amide bonds. The molecular weight excluding hydrogens is 426 g/mol. The van der Waals surface area contributed by atoms with Gasteiger partial charge in [-0.15, -0.1) is 0 Å². The van der Waals surface area contributed by atoms with E-state index in [9.17, 15) is 4.79 Å². The molecule has 168 valence electrons. The lowest BCUT2D eigenvalue weighted by atomic mass is 10.0. The molecule has 0 aliphatic heterocycles. The number of nitrogens with one attached hydrogen (secondary N) is 1. The largest absolute Gasteiger partial charge is 0.593 e. The Labute approximate surface area is 196 Å². The van der Waals surface area contributed by atoms with E-state index in [1.165, 1.54) is 0 Å². The lowest BCUT2D eigenvalue weighted by molar-refractivity contribution is 0.0953. The van der Waals surface area contributed by atoms with Crippen LogP contribution in [0.25, 0.3) is 33.5 Å². The van der Waals surface area contributed by atoms with Gasteiger partial charge in [0, 0.05) is 54.3 Å². The molecule has 3 N–H and O–H groups in total. The molecule has 0 atom stereocenters. The Balaban J connectivity index is 1.44. The van der Waals surface area contributed by atoms with E-state index in [-0.39, 0.29) is 5.91 Å². The zero-order chi connectivity index (χ0) is 23.3. The van der Waals surface area contributed by atoms with Crippen LogP contribution in [0.3, 0.4) is 0 Å². The quantitative estimate of drug-likeness (QED) is 0.293. The van der Waals surface area contributed by atoms with Gasteiger partial charge in [0.1, 0.15) is 0 Å². The van der Waals surface area contributed by atoms with Crippen LogP contribution in [-0.2, 0) is 6.54 Å². The highest BCUT2D eigenvalue weighted by Gasteiger charge is 2.15. The minimum atomic E-state index is -0.137. The zero-order valence-electron chi connectivity index (χ0n) is 18.5. The molecule has 2 aromatic heterocycles. The normalized spacial score (nSPS) is 10.9. The molecule has 3 aromatic carbocycles. The molecule has 34 heavy (non-hydrogen) atoms. The first-order valence-electron chi connectivity index (χ1n) is 11.1. The predicted molar refractivity (Wildman–Crippen MR) is 133 cm³/mol. The molecule has 0 fully saturated rings. The summed E-state index contributed by atoms with van der Waals surface area (Å²) >= 11 is 0. The number of aromatic nitrogens is 4. The molecule has 0 bridgehead atoms. The number of carbonyl (C=O) groups is 1.